The third-order valence-corrected chi connectivity index (χ3v) is 3.25. The standard InChI is InChI=1S/C12H26N2/c1-5-12(6-2)14-8-7-11(9-14)13-10(3)4/h10-13H,5-9H2,1-4H3. The van der Waals surface area contributed by atoms with Gasteiger partial charge < -0.3 is 5.32 Å². The number of nitrogens with one attached hydrogen (secondary N) is 1. The molecule has 0 radical (unpaired) electrons. The summed E-state index contributed by atoms with van der Waals surface area (Å²) in [7, 11) is 0. The first-order valence-corrected chi connectivity index (χ1v) is 6.17. The summed E-state index contributed by atoms with van der Waals surface area (Å²) >= 11 is 0. The molecule has 14 heavy (non-hydrogen) atoms. The van der Waals surface area contributed by atoms with Gasteiger partial charge in [0.25, 0.3) is 0 Å². The Bertz CT molecular complexity index is 152. The number of rotatable bonds is 5. The van der Waals surface area contributed by atoms with E-state index >= 15 is 0 Å². The summed E-state index contributed by atoms with van der Waals surface area (Å²) in [6.45, 7) is 11.6. The summed E-state index contributed by atoms with van der Waals surface area (Å²) in [4.78, 5) is 2.65. The Labute approximate surface area is 89.1 Å². The number of hydrogen-bond acceptors (Lipinski definition) is 2. The molecular formula is C12H26N2. The van der Waals surface area contributed by atoms with E-state index in [9.17, 15) is 0 Å². The number of hydrogen-bond donors (Lipinski definition) is 1. The van der Waals surface area contributed by atoms with Gasteiger partial charge in [-0.2, -0.15) is 0 Å². The van der Waals surface area contributed by atoms with Crippen LogP contribution >= 0.6 is 0 Å². The molecule has 0 amide bonds. The molecule has 0 aromatic carbocycles. The van der Waals surface area contributed by atoms with Crippen molar-refractivity contribution >= 4 is 0 Å². The van der Waals surface area contributed by atoms with E-state index in [4.69, 9.17) is 0 Å². The first kappa shape index (κ1) is 12.0. The van der Waals surface area contributed by atoms with E-state index < -0.39 is 0 Å². The molecule has 1 N–H and O–H groups in total. The molecular weight excluding hydrogens is 172 g/mol. The van der Waals surface area contributed by atoms with E-state index in [0.29, 0.717) is 6.04 Å². The van der Waals surface area contributed by atoms with Crippen LogP contribution in [-0.2, 0) is 0 Å². The van der Waals surface area contributed by atoms with Gasteiger partial charge in [0.15, 0.2) is 0 Å². The quantitative estimate of drug-likeness (QED) is 0.729. The summed E-state index contributed by atoms with van der Waals surface area (Å²) in [6, 6.07) is 2.17. The summed E-state index contributed by atoms with van der Waals surface area (Å²) in [5.41, 5.74) is 0. The lowest BCUT2D eigenvalue weighted by atomic mass is 10.1. The van der Waals surface area contributed by atoms with Gasteiger partial charge in [0, 0.05) is 31.2 Å². The predicted molar refractivity (Wildman–Crippen MR) is 62.6 cm³/mol. The van der Waals surface area contributed by atoms with Crippen LogP contribution in [0.3, 0.4) is 0 Å². The molecule has 1 atom stereocenters. The maximum absolute atomic E-state index is 3.63. The average Bonchev–Trinajstić information content (AvgIpc) is 2.54. The van der Waals surface area contributed by atoms with Crippen LogP contribution in [0.15, 0.2) is 0 Å². The SMILES string of the molecule is CCC(CC)N1CCC(NC(C)C)C1. The highest BCUT2D eigenvalue weighted by Gasteiger charge is 2.26. The molecule has 1 heterocycles. The third-order valence-electron chi connectivity index (χ3n) is 3.25. The molecule has 1 saturated heterocycles. The van der Waals surface area contributed by atoms with Gasteiger partial charge in [-0.25, -0.2) is 0 Å². The normalized spacial score (nSPS) is 24.0. The topological polar surface area (TPSA) is 15.3 Å². The zero-order valence-corrected chi connectivity index (χ0v) is 10.2. The molecule has 0 aromatic heterocycles. The molecule has 0 saturated carbocycles. The Morgan fingerprint density at radius 3 is 2.43 bits per heavy atom. The molecule has 1 fully saturated rings. The molecule has 0 aliphatic carbocycles. The molecule has 84 valence electrons. The third kappa shape index (κ3) is 3.25. The van der Waals surface area contributed by atoms with Crippen LogP contribution in [0.1, 0.15) is 47.0 Å². The number of nitrogens with zero attached hydrogens (tertiary/aromatic N) is 1. The minimum Gasteiger partial charge on any atom is -0.310 e. The van der Waals surface area contributed by atoms with Crippen molar-refractivity contribution < 1.29 is 0 Å². The van der Waals surface area contributed by atoms with Crippen LogP contribution in [-0.4, -0.2) is 36.1 Å². The lowest BCUT2D eigenvalue weighted by Gasteiger charge is -2.26. The first-order chi connectivity index (χ1) is 6.67. The van der Waals surface area contributed by atoms with Gasteiger partial charge in [-0.05, 0) is 19.3 Å². The van der Waals surface area contributed by atoms with Gasteiger partial charge in [-0.1, -0.05) is 27.7 Å². The Morgan fingerprint density at radius 2 is 1.93 bits per heavy atom. The van der Waals surface area contributed by atoms with Crippen LogP contribution in [0.2, 0.25) is 0 Å². The lowest BCUT2D eigenvalue weighted by Crippen LogP contribution is -2.39. The highest BCUT2D eigenvalue weighted by molar-refractivity contribution is 4.85. The molecule has 2 heteroatoms. The summed E-state index contributed by atoms with van der Waals surface area (Å²) < 4.78 is 0. The van der Waals surface area contributed by atoms with E-state index in [2.05, 4.69) is 37.9 Å². The fourth-order valence-corrected chi connectivity index (χ4v) is 2.53. The fourth-order valence-electron chi connectivity index (χ4n) is 2.53. The van der Waals surface area contributed by atoms with Crippen LogP contribution in [0.5, 0.6) is 0 Å². The van der Waals surface area contributed by atoms with Gasteiger partial charge in [0.1, 0.15) is 0 Å². The van der Waals surface area contributed by atoms with Crippen LogP contribution in [0.4, 0.5) is 0 Å². The highest BCUT2D eigenvalue weighted by atomic mass is 15.2. The minimum absolute atomic E-state index is 0.627. The lowest BCUT2D eigenvalue weighted by molar-refractivity contribution is 0.223. The van der Waals surface area contributed by atoms with Gasteiger partial charge in [0.2, 0.25) is 0 Å². The van der Waals surface area contributed by atoms with Crippen LogP contribution in [0, 0.1) is 0 Å². The Kier molecular flexibility index (Phi) is 4.90. The molecule has 1 rings (SSSR count). The van der Waals surface area contributed by atoms with E-state index in [1.54, 1.807) is 0 Å². The molecule has 0 bridgehead atoms. The van der Waals surface area contributed by atoms with E-state index in [1.165, 1.54) is 32.4 Å². The molecule has 1 aliphatic heterocycles. The smallest absolute Gasteiger partial charge is 0.0209 e. The minimum atomic E-state index is 0.627. The van der Waals surface area contributed by atoms with Crippen molar-refractivity contribution in [3.05, 3.63) is 0 Å². The van der Waals surface area contributed by atoms with Gasteiger partial charge >= 0.3 is 0 Å². The zero-order chi connectivity index (χ0) is 10.6. The van der Waals surface area contributed by atoms with Crippen molar-refractivity contribution in [1.82, 2.24) is 10.2 Å². The highest BCUT2D eigenvalue weighted by Crippen LogP contribution is 2.17. The second kappa shape index (κ2) is 5.72. The maximum Gasteiger partial charge on any atom is 0.0209 e. The van der Waals surface area contributed by atoms with Crippen LogP contribution < -0.4 is 5.32 Å². The molecule has 1 unspecified atom stereocenters. The summed E-state index contributed by atoms with van der Waals surface area (Å²) in [5, 5.41) is 3.63. The van der Waals surface area contributed by atoms with Crippen molar-refractivity contribution in [2.75, 3.05) is 13.1 Å². The zero-order valence-electron chi connectivity index (χ0n) is 10.2. The first-order valence-electron chi connectivity index (χ1n) is 6.17. The van der Waals surface area contributed by atoms with Crippen molar-refractivity contribution in [3.8, 4) is 0 Å². The van der Waals surface area contributed by atoms with Crippen molar-refractivity contribution in [1.29, 1.82) is 0 Å². The van der Waals surface area contributed by atoms with Gasteiger partial charge in [0.05, 0.1) is 0 Å². The van der Waals surface area contributed by atoms with Crippen molar-refractivity contribution in [2.45, 2.75) is 65.1 Å². The molecule has 0 aromatic rings. The Hall–Kier alpha value is -0.0800. The van der Waals surface area contributed by atoms with Crippen molar-refractivity contribution in [3.63, 3.8) is 0 Å². The van der Waals surface area contributed by atoms with E-state index in [-0.39, 0.29) is 0 Å². The molecule has 2 nitrogen and oxygen atoms in total. The van der Waals surface area contributed by atoms with Gasteiger partial charge in [-0.3, -0.25) is 4.90 Å². The summed E-state index contributed by atoms with van der Waals surface area (Å²) in [5.74, 6) is 0. The second-order valence-corrected chi connectivity index (χ2v) is 4.77. The number of likely N-dealkylation sites (tertiary alicyclic amines) is 1. The second-order valence-electron chi connectivity index (χ2n) is 4.77. The monoisotopic (exact) mass is 198 g/mol. The van der Waals surface area contributed by atoms with E-state index in [1.807, 2.05) is 0 Å². The summed E-state index contributed by atoms with van der Waals surface area (Å²) in [6.07, 6.45) is 3.92. The largest absolute Gasteiger partial charge is 0.310 e. The Balaban J connectivity index is 2.32. The van der Waals surface area contributed by atoms with Gasteiger partial charge in [-0.15, -0.1) is 0 Å². The van der Waals surface area contributed by atoms with Crippen molar-refractivity contribution in [2.24, 2.45) is 0 Å². The maximum atomic E-state index is 3.63. The average molecular weight is 198 g/mol. The van der Waals surface area contributed by atoms with E-state index in [0.717, 1.165) is 12.1 Å². The van der Waals surface area contributed by atoms with Crippen LogP contribution in [0.25, 0.3) is 0 Å². The predicted octanol–water partition coefficient (Wildman–Crippen LogP) is 2.25. The Morgan fingerprint density at radius 1 is 1.29 bits per heavy atom. The molecule has 0 spiro atoms. The molecule has 1 aliphatic rings. The fraction of sp³-hybridized carbons (Fsp3) is 1.00.